The predicted octanol–water partition coefficient (Wildman–Crippen LogP) is 0.520. The van der Waals surface area contributed by atoms with E-state index in [0.717, 1.165) is 0 Å². The van der Waals surface area contributed by atoms with Crippen LogP contribution in [0.15, 0.2) is 18.3 Å². The number of carboxylic acid groups (broad SMARTS) is 1. The lowest BCUT2D eigenvalue weighted by Gasteiger charge is -2.32. The lowest BCUT2D eigenvalue weighted by atomic mass is 10.0. The minimum Gasteiger partial charge on any atom is -0.477 e. The Morgan fingerprint density at radius 1 is 1.33 bits per heavy atom. The third kappa shape index (κ3) is 3.77. The van der Waals surface area contributed by atoms with Crippen LogP contribution in [-0.2, 0) is 4.79 Å². The van der Waals surface area contributed by atoms with Crippen molar-refractivity contribution in [2.45, 2.75) is 25.8 Å². The molecule has 0 unspecified atom stereocenters. The Labute approximate surface area is 122 Å². The molecular formula is C14H17N3O4. The highest BCUT2D eigenvalue weighted by molar-refractivity contribution is 5.96. The van der Waals surface area contributed by atoms with E-state index in [-0.39, 0.29) is 23.6 Å². The molecule has 7 heteroatoms. The molecule has 112 valence electrons. The average Bonchev–Trinajstić information content (AvgIpc) is 2.47. The van der Waals surface area contributed by atoms with Gasteiger partial charge < -0.3 is 15.3 Å². The highest BCUT2D eigenvalue weighted by atomic mass is 16.4. The second-order valence-electron chi connectivity index (χ2n) is 5.00. The van der Waals surface area contributed by atoms with Gasteiger partial charge in [-0.15, -0.1) is 0 Å². The van der Waals surface area contributed by atoms with Gasteiger partial charge in [0.15, 0.2) is 0 Å². The highest BCUT2D eigenvalue weighted by Gasteiger charge is 2.24. The molecule has 1 aliphatic rings. The maximum atomic E-state index is 12.3. The number of hydrogen-bond acceptors (Lipinski definition) is 4. The third-order valence-corrected chi connectivity index (χ3v) is 3.42. The van der Waals surface area contributed by atoms with Crippen molar-refractivity contribution < 1.29 is 19.5 Å². The first-order valence-corrected chi connectivity index (χ1v) is 6.73. The van der Waals surface area contributed by atoms with E-state index >= 15 is 0 Å². The summed E-state index contributed by atoms with van der Waals surface area (Å²) in [6.45, 7) is 2.55. The van der Waals surface area contributed by atoms with Gasteiger partial charge >= 0.3 is 5.97 Å². The molecule has 0 aliphatic carbocycles. The van der Waals surface area contributed by atoms with Crippen molar-refractivity contribution in [2.75, 3.05) is 13.1 Å². The number of carbonyl (C=O) groups is 3. The molecule has 0 aromatic carbocycles. The van der Waals surface area contributed by atoms with Crippen LogP contribution in [0.5, 0.6) is 0 Å². The first kappa shape index (κ1) is 15.0. The monoisotopic (exact) mass is 291 g/mol. The number of aromatic carboxylic acids is 1. The molecule has 0 radical (unpaired) electrons. The van der Waals surface area contributed by atoms with Crippen LogP contribution in [0.25, 0.3) is 0 Å². The van der Waals surface area contributed by atoms with Crippen molar-refractivity contribution in [3.63, 3.8) is 0 Å². The Hall–Kier alpha value is -2.44. The second kappa shape index (κ2) is 6.34. The van der Waals surface area contributed by atoms with E-state index in [2.05, 4.69) is 10.3 Å². The van der Waals surface area contributed by atoms with Crippen molar-refractivity contribution in [3.05, 3.63) is 29.6 Å². The quantitative estimate of drug-likeness (QED) is 0.845. The van der Waals surface area contributed by atoms with Gasteiger partial charge in [0.1, 0.15) is 5.69 Å². The molecule has 21 heavy (non-hydrogen) atoms. The van der Waals surface area contributed by atoms with Crippen molar-refractivity contribution in [1.82, 2.24) is 15.2 Å². The Morgan fingerprint density at radius 3 is 2.57 bits per heavy atom. The zero-order chi connectivity index (χ0) is 15.4. The first-order chi connectivity index (χ1) is 9.97. The zero-order valence-electron chi connectivity index (χ0n) is 11.7. The SMILES string of the molecule is CC(=O)NC1CCN(C(=O)c2ccnc(C(=O)O)c2)CC1. The van der Waals surface area contributed by atoms with Crippen LogP contribution >= 0.6 is 0 Å². The fourth-order valence-electron chi connectivity index (χ4n) is 2.38. The van der Waals surface area contributed by atoms with Crippen molar-refractivity contribution >= 4 is 17.8 Å². The number of amides is 2. The summed E-state index contributed by atoms with van der Waals surface area (Å²) in [5, 5.41) is 11.7. The largest absolute Gasteiger partial charge is 0.477 e. The van der Waals surface area contributed by atoms with Crippen LogP contribution in [0.1, 0.15) is 40.6 Å². The van der Waals surface area contributed by atoms with Crippen LogP contribution < -0.4 is 5.32 Å². The first-order valence-electron chi connectivity index (χ1n) is 6.73. The molecule has 1 aromatic heterocycles. The van der Waals surface area contributed by atoms with Crippen molar-refractivity contribution in [3.8, 4) is 0 Å². The van der Waals surface area contributed by atoms with E-state index < -0.39 is 5.97 Å². The van der Waals surface area contributed by atoms with E-state index in [4.69, 9.17) is 5.11 Å². The van der Waals surface area contributed by atoms with Gasteiger partial charge in [0, 0.05) is 37.8 Å². The molecule has 2 rings (SSSR count). The van der Waals surface area contributed by atoms with Gasteiger partial charge in [-0.2, -0.15) is 0 Å². The topological polar surface area (TPSA) is 99.6 Å². The summed E-state index contributed by atoms with van der Waals surface area (Å²) >= 11 is 0. The van der Waals surface area contributed by atoms with Crippen LogP contribution in [0.2, 0.25) is 0 Å². The lowest BCUT2D eigenvalue weighted by Crippen LogP contribution is -2.46. The van der Waals surface area contributed by atoms with Gasteiger partial charge in [0.2, 0.25) is 5.91 Å². The summed E-state index contributed by atoms with van der Waals surface area (Å²) in [6, 6.07) is 2.89. The Bertz CT molecular complexity index is 565. The molecule has 2 heterocycles. The average molecular weight is 291 g/mol. The zero-order valence-corrected chi connectivity index (χ0v) is 11.7. The standard InChI is InChI=1S/C14H17N3O4/c1-9(18)16-11-3-6-17(7-4-11)13(19)10-2-5-15-12(8-10)14(20)21/h2,5,8,11H,3-4,6-7H2,1H3,(H,16,18)(H,20,21). The smallest absolute Gasteiger partial charge is 0.354 e. The summed E-state index contributed by atoms with van der Waals surface area (Å²) < 4.78 is 0. The third-order valence-electron chi connectivity index (χ3n) is 3.42. The van der Waals surface area contributed by atoms with Crippen molar-refractivity contribution in [1.29, 1.82) is 0 Å². The van der Waals surface area contributed by atoms with Gasteiger partial charge in [-0.25, -0.2) is 9.78 Å². The molecule has 0 saturated carbocycles. The molecule has 1 fully saturated rings. The predicted molar refractivity (Wildman–Crippen MR) is 73.9 cm³/mol. The van der Waals surface area contributed by atoms with Gasteiger partial charge in [0.05, 0.1) is 0 Å². The fraction of sp³-hybridized carbons (Fsp3) is 0.429. The summed E-state index contributed by atoms with van der Waals surface area (Å²) in [7, 11) is 0. The molecule has 2 amide bonds. The Balaban J connectivity index is 2.00. The second-order valence-corrected chi connectivity index (χ2v) is 5.00. The van der Waals surface area contributed by atoms with Gasteiger partial charge in [-0.1, -0.05) is 0 Å². The number of carboxylic acids is 1. The molecule has 2 N–H and O–H groups in total. The number of aromatic nitrogens is 1. The van der Waals surface area contributed by atoms with E-state index in [9.17, 15) is 14.4 Å². The maximum absolute atomic E-state index is 12.3. The number of rotatable bonds is 3. The molecule has 0 spiro atoms. The summed E-state index contributed by atoms with van der Waals surface area (Å²) in [6.07, 6.45) is 2.71. The Kier molecular flexibility index (Phi) is 4.52. The molecule has 1 aromatic rings. The summed E-state index contributed by atoms with van der Waals surface area (Å²) in [5.41, 5.74) is 0.175. The minimum atomic E-state index is -1.16. The van der Waals surface area contributed by atoms with Crippen LogP contribution in [-0.4, -0.2) is 51.9 Å². The van der Waals surface area contributed by atoms with E-state index in [1.165, 1.54) is 25.3 Å². The minimum absolute atomic E-state index is 0.0694. The fourth-order valence-corrected chi connectivity index (χ4v) is 2.38. The number of hydrogen-bond donors (Lipinski definition) is 2. The van der Waals surface area contributed by atoms with Gasteiger partial charge in [0.25, 0.3) is 5.91 Å². The van der Waals surface area contributed by atoms with Crippen molar-refractivity contribution in [2.24, 2.45) is 0 Å². The van der Waals surface area contributed by atoms with E-state index in [1.54, 1.807) is 4.90 Å². The summed E-state index contributed by atoms with van der Waals surface area (Å²) in [4.78, 5) is 39.5. The van der Waals surface area contributed by atoms with Gasteiger partial charge in [-0.3, -0.25) is 9.59 Å². The van der Waals surface area contributed by atoms with Gasteiger partial charge in [-0.05, 0) is 25.0 Å². The molecular weight excluding hydrogens is 274 g/mol. The molecule has 0 atom stereocenters. The number of nitrogens with zero attached hydrogens (tertiary/aromatic N) is 2. The number of nitrogens with one attached hydrogen (secondary N) is 1. The number of pyridine rings is 1. The normalized spacial score (nSPS) is 15.6. The van der Waals surface area contributed by atoms with Crippen LogP contribution in [0, 0.1) is 0 Å². The molecule has 7 nitrogen and oxygen atoms in total. The molecule has 1 saturated heterocycles. The lowest BCUT2D eigenvalue weighted by molar-refractivity contribution is -0.119. The Morgan fingerprint density at radius 2 is 2.00 bits per heavy atom. The van der Waals surface area contributed by atoms with E-state index in [1.807, 2.05) is 0 Å². The number of carbonyl (C=O) groups excluding carboxylic acids is 2. The van der Waals surface area contributed by atoms with Crippen LogP contribution in [0.3, 0.4) is 0 Å². The molecule has 0 bridgehead atoms. The van der Waals surface area contributed by atoms with E-state index in [0.29, 0.717) is 31.5 Å². The summed E-state index contributed by atoms with van der Waals surface area (Å²) in [5.74, 6) is -1.43. The molecule has 1 aliphatic heterocycles. The maximum Gasteiger partial charge on any atom is 0.354 e. The van der Waals surface area contributed by atoms with Crippen LogP contribution in [0.4, 0.5) is 0 Å². The number of piperidine rings is 1. The highest BCUT2D eigenvalue weighted by Crippen LogP contribution is 2.14. The number of likely N-dealkylation sites (tertiary alicyclic amines) is 1.